The van der Waals surface area contributed by atoms with Gasteiger partial charge < -0.3 is 5.32 Å². The molecule has 0 aromatic heterocycles. The van der Waals surface area contributed by atoms with Gasteiger partial charge in [0.05, 0.1) is 4.47 Å². The Kier molecular flexibility index (Phi) is 5.19. The molecule has 1 unspecified atom stereocenters. The third kappa shape index (κ3) is 3.79. The zero-order valence-electron chi connectivity index (χ0n) is 10.9. The van der Waals surface area contributed by atoms with E-state index in [1.807, 2.05) is 12.1 Å². The van der Waals surface area contributed by atoms with E-state index in [0.29, 0.717) is 4.47 Å². The first kappa shape index (κ1) is 14.0. The van der Waals surface area contributed by atoms with E-state index < -0.39 is 0 Å². The van der Waals surface area contributed by atoms with Crippen molar-refractivity contribution >= 4 is 15.9 Å². The molecule has 0 radical (unpaired) electrons. The van der Waals surface area contributed by atoms with Gasteiger partial charge in [-0.25, -0.2) is 4.39 Å². The third-order valence-electron chi connectivity index (χ3n) is 3.56. The summed E-state index contributed by atoms with van der Waals surface area (Å²) < 4.78 is 14.7. The fourth-order valence-corrected chi connectivity index (χ4v) is 2.67. The molecule has 1 aromatic carbocycles. The first-order chi connectivity index (χ1) is 8.72. The Morgan fingerprint density at radius 3 is 2.89 bits per heavy atom. The lowest BCUT2D eigenvalue weighted by molar-refractivity contribution is 0.449. The van der Waals surface area contributed by atoms with E-state index in [1.54, 1.807) is 6.07 Å². The molecule has 1 fully saturated rings. The van der Waals surface area contributed by atoms with Crippen molar-refractivity contribution in [1.82, 2.24) is 5.32 Å². The van der Waals surface area contributed by atoms with Crippen LogP contribution >= 0.6 is 15.9 Å². The topological polar surface area (TPSA) is 12.0 Å². The van der Waals surface area contributed by atoms with Crippen LogP contribution in [0.4, 0.5) is 4.39 Å². The van der Waals surface area contributed by atoms with Crippen LogP contribution in [-0.4, -0.2) is 6.54 Å². The van der Waals surface area contributed by atoms with E-state index in [4.69, 9.17) is 0 Å². The minimum atomic E-state index is -0.109. The SMILES string of the molecule is CCCNC(CCC1CC1)c1cccc(Br)c1F. The molecule has 1 aliphatic carbocycles. The lowest BCUT2D eigenvalue weighted by Crippen LogP contribution is -2.23. The Balaban J connectivity index is 2.06. The lowest BCUT2D eigenvalue weighted by atomic mass is 9.99. The third-order valence-corrected chi connectivity index (χ3v) is 4.17. The average molecular weight is 314 g/mol. The predicted molar refractivity (Wildman–Crippen MR) is 77.1 cm³/mol. The summed E-state index contributed by atoms with van der Waals surface area (Å²) in [5.74, 6) is 0.785. The van der Waals surface area contributed by atoms with E-state index in [0.717, 1.165) is 30.9 Å². The molecule has 0 bridgehead atoms. The van der Waals surface area contributed by atoms with Gasteiger partial charge in [0.2, 0.25) is 0 Å². The van der Waals surface area contributed by atoms with Gasteiger partial charge in [-0.1, -0.05) is 31.9 Å². The fourth-order valence-electron chi connectivity index (χ4n) is 2.28. The zero-order valence-corrected chi connectivity index (χ0v) is 12.5. The van der Waals surface area contributed by atoms with Crippen LogP contribution in [0.15, 0.2) is 22.7 Å². The number of hydrogen-bond acceptors (Lipinski definition) is 1. The first-order valence-corrected chi connectivity index (χ1v) is 7.69. The predicted octanol–water partition coefficient (Wildman–Crippen LogP) is 4.82. The van der Waals surface area contributed by atoms with Gasteiger partial charge in [0, 0.05) is 11.6 Å². The zero-order chi connectivity index (χ0) is 13.0. The molecule has 0 heterocycles. The molecule has 1 N–H and O–H groups in total. The quantitative estimate of drug-likeness (QED) is 0.761. The van der Waals surface area contributed by atoms with Gasteiger partial charge in [0.1, 0.15) is 5.82 Å². The Hall–Kier alpha value is -0.410. The maximum atomic E-state index is 14.1. The molecular formula is C15H21BrFN. The molecule has 0 aliphatic heterocycles. The number of hydrogen-bond donors (Lipinski definition) is 1. The molecule has 100 valence electrons. The molecule has 1 aromatic rings. The van der Waals surface area contributed by atoms with Gasteiger partial charge in [-0.15, -0.1) is 0 Å². The Morgan fingerprint density at radius 2 is 2.22 bits per heavy atom. The summed E-state index contributed by atoms with van der Waals surface area (Å²) in [7, 11) is 0. The van der Waals surface area contributed by atoms with Crippen LogP contribution in [0.5, 0.6) is 0 Å². The van der Waals surface area contributed by atoms with Crippen molar-refractivity contribution in [2.24, 2.45) is 5.92 Å². The summed E-state index contributed by atoms with van der Waals surface area (Å²) in [6.07, 6.45) is 6.06. The van der Waals surface area contributed by atoms with Crippen LogP contribution < -0.4 is 5.32 Å². The van der Waals surface area contributed by atoms with Crippen molar-refractivity contribution in [2.45, 2.75) is 45.1 Å². The molecule has 18 heavy (non-hydrogen) atoms. The average Bonchev–Trinajstić information content (AvgIpc) is 3.18. The highest BCUT2D eigenvalue weighted by molar-refractivity contribution is 9.10. The van der Waals surface area contributed by atoms with Crippen molar-refractivity contribution in [1.29, 1.82) is 0 Å². The van der Waals surface area contributed by atoms with Crippen LogP contribution in [0.3, 0.4) is 0 Å². The lowest BCUT2D eigenvalue weighted by Gasteiger charge is -2.20. The van der Waals surface area contributed by atoms with Crippen molar-refractivity contribution < 1.29 is 4.39 Å². The molecule has 1 aliphatic rings. The molecular weight excluding hydrogens is 293 g/mol. The minimum Gasteiger partial charge on any atom is -0.310 e. The second kappa shape index (κ2) is 6.67. The highest BCUT2D eigenvalue weighted by atomic mass is 79.9. The maximum absolute atomic E-state index is 14.1. The van der Waals surface area contributed by atoms with Crippen LogP contribution in [-0.2, 0) is 0 Å². The molecule has 0 amide bonds. The summed E-state index contributed by atoms with van der Waals surface area (Å²) in [6, 6.07) is 5.74. The standard InChI is InChI=1S/C15H21BrFN/c1-2-10-18-14(9-8-11-6-7-11)12-4-3-5-13(16)15(12)17/h3-5,11,14,18H,2,6-10H2,1H3. The van der Waals surface area contributed by atoms with Crippen molar-refractivity contribution in [3.8, 4) is 0 Å². The summed E-state index contributed by atoms with van der Waals surface area (Å²) in [5, 5.41) is 3.48. The van der Waals surface area contributed by atoms with E-state index >= 15 is 0 Å². The number of halogens is 2. The minimum absolute atomic E-state index is 0.109. The molecule has 1 saturated carbocycles. The largest absolute Gasteiger partial charge is 0.310 e. The van der Waals surface area contributed by atoms with E-state index in [2.05, 4.69) is 28.2 Å². The van der Waals surface area contributed by atoms with Crippen LogP contribution in [0, 0.1) is 11.7 Å². The van der Waals surface area contributed by atoms with Crippen LogP contribution in [0.1, 0.15) is 50.6 Å². The van der Waals surface area contributed by atoms with Gasteiger partial charge in [-0.2, -0.15) is 0 Å². The summed E-state index contributed by atoms with van der Waals surface area (Å²) in [4.78, 5) is 0. The molecule has 3 heteroatoms. The van der Waals surface area contributed by atoms with Gasteiger partial charge >= 0.3 is 0 Å². The highest BCUT2D eigenvalue weighted by Crippen LogP contribution is 2.36. The second-order valence-corrected chi connectivity index (χ2v) is 6.02. The molecule has 0 saturated heterocycles. The van der Waals surface area contributed by atoms with Gasteiger partial charge in [-0.05, 0) is 53.7 Å². The molecule has 2 rings (SSSR count). The Labute approximate surface area is 117 Å². The second-order valence-electron chi connectivity index (χ2n) is 5.17. The number of rotatable bonds is 7. The smallest absolute Gasteiger partial charge is 0.142 e. The highest BCUT2D eigenvalue weighted by Gasteiger charge is 2.24. The normalized spacial score (nSPS) is 16.8. The summed E-state index contributed by atoms with van der Waals surface area (Å²) >= 11 is 3.27. The van der Waals surface area contributed by atoms with Gasteiger partial charge in [-0.3, -0.25) is 0 Å². The molecule has 1 atom stereocenters. The van der Waals surface area contributed by atoms with Crippen LogP contribution in [0.25, 0.3) is 0 Å². The molecule has 0 spiro atoms. The Bertz CT molecular complexity index is 390. The van der Waals surface area contributed by atoms with Crippen molar-refractivity contribution in [3.05, 3.63) is 34.1 Å². The van der Waals surface area contributed by atoms with E-state index in [9.17, 15) is 4.39 Å². The number of nitrogens with one attached hydrogen (secondary N) is 1. The van der Waals surface area contributed by atoms with Gasteiger partial charge in [0.15, 0.2) is 0 Å². The monoisotopic (exact) mass is 313 g/mol. The maximum Gasteiger partial charge on any atom is 0.142 e. The first-order valence-electron chi connectivity index (χ1n) is 6.89. The fraction of sp³-hybridized carbons (Fsp3) is 0.600. The summed E-state index contributed by atoms with van der Waals surface area (Å²) in [5.41, 5.74) is 0.804. The molecule has 1 nitrogen and oxygen atoms in total. The van der Waals surface area contributed by atoms with Crippen molar-refractivity contribution in [2.75, 3.05) is 6.54 Å². The van der Waals surface area contributed by atoms with E-state index in [1.165, 1.54) is 19.3 Å². The Morgan fingerprint density at radius 1 is 1.44 bits per heavy atom. The number of benzene rings is 1. The summed E-state index contributed by atoms with van der Waals surface area (Å²) in [6.45, 7) is 3.09. The van der Waals surface area contributed by atoms with Crippen molar-refractivity contribution in [3.63, 3.8) is 0 Å². The van der Waals surface area contributed by atoms with Crippen LogP contribution in [0.2, 0.25) is 0 Å². The van der Waals surface area contributed by atoms with E-state index in [-0.39, 0.29) is 11.9 Å². The van der Waals surface area contributed by atoms with Gasteiger partial charge in [0.25, 0.3) is 0 Å².